The zero-order valence-electron chi connectivity index (χ0n) is 26.3. The van der Waals surface area contributed by atoms with E-state index >= 15 is 0 Å². The maximum Gasteiger partial charge on any atom is 0.238 e. The van der Waals surface area contributed by atoms with Gasteiger partial charge in [-0.1, -0.05) is 44.2 Å². The SMILES string of the molecule is CCc1cccc(CC)c1NC(=O)C(c1ccc(N2CCN(C)CC2)cc1)c1cc(Nc2ccc(OC)cc2OC)ncn1. The van der Waals surface area contributed by atoms with Gasteiger partial charge in [-0.25, -0.2) is 9.97 Å². The number of carbonyl (C=O) groups excluding carboxylic acids is 1. The molecular weight excluding hydrogens is 552 g/mol. The van der Waals surface area contributed by atoms with Crippen molar-refractivity contribution in [2.45, 2.75) is 32.6 Å². The van der Waals surface area contributed by atoms with Crippen molar-refractivity contribution in [2.24, 2.45) is 0 Å². The lowest BCUT2D eigenvalue weighted by atomic mass is 9.93. The minimum absolute atomic E-state index is 0.139. The minimum atomic E-state index is -0.660. The van der Waals surface area contributed by atoms with Gasteiger partial charge in [-0.05, 0) is 60.8 Å². The standard InChI is InChI=1S/C35H42N6O3/c1-6-24-9-8-10-25(7-2)34(24)39-35(42)33(26-11-13-27(14-12-26)41-19-17-40(3)18-20-41)30-22-32(37-23-36-30)38-29-16-15-28(43-4)21-31(29)44-5/h8-16,21-23,33H,6-7,17-20H2,1-5H3,(H,39,42)(H,36,37,38). The van der Waals surface area contributed by atoms with E-state index in [4.69, 9.17) is 9.47 Å². The highest BCUT2D eigenvalue weighted by molar-refractivity contribution is 5.99. The Morgan fingerprint density at radius 1 is 0.886 bits per heavy atom. The number of likely N-dealkylation sites (N-methyl/N-ethyl adjacent to an activating group) is 1. The van der Waals surface area contributed by atoms with Crippen LogP contribution in [0.5, 0.6) is 11.5 Å². The van der Waals surface area contributed by atoms with E-state index < -0.39 is 5.92 Å². The third kappa shape index (κ3) is 6.94. The van der Waals surface area contributed by atoms with Crippen LogP contribution in [-0.2, 0) is 17.6 Å². The molecule has 1 aliphatic heterocycles. The molecule has 9 nitrogen and oxygen atoms in total. The molecule has 1 amide bonds. The predicted octanol–water partition coefficient (Wildman–Crippen LogP) is 5.88. The van der Waals surface area contributed by atoms with Crippen LogP contribution >= 0.6 is 0 Å². The number of piperazine rings is 1. The van der Waals surface area contributed by atoms with Gasteiger partial charge in [-0.15, -0.1) is 0 Å². The fourth-order valence-corrected chi connectivity index (χ4v) is 5.64. The molecule has 2 heterocycles. The molecule has 230 valence electrons. The molecule has 4 aromatic rings. The molecule has 44 heavy (non-hydrogen) atoms. The molecule has 9 heteroatoms. The van der Waals surface area contributed by atoms with Crippen molar-refractivity contribution in [3.63, 3.8) is 0 Å². The first kappa shape index (κ1) is 30.8. The zero-order chi connectivity index (χ0) is 31.1. The van der Waals surface area contributed by atoms with Gasteiger partial charge in [-0.3, -0.25) is 4.79 Å². The van der Waals surface area contributed by atoms with Gasteiger partial charge >= 0.3 is 0 Å². The van der Waals surface area contributed by atoms with Gasteiger partial charge in [0.25, 0.3) is 0 Å². The van der Waals surface area contributed by atoms with E-state index in [0.29, 0.717) is 23.0 Å². The molecule has 0 spiro atoms. The number of aryl methyl sites for hydroxylation is 2. The van der Waals surface area contributed by atoms with Gasteiger partial charge in [0.15, 0.2) is 0 Å². The molecule has 0 saturated carbocycles. The van der Waals surface area contributed by atoms with Crippen LogP contribution in [0.1, 0.15) is 42.1 Å². The summed E-state index contributed by atoms with van der Waals surface area (Å²) in [5.41, 5.74) is 6.43. The molecule has 0 bridgehead atoms. The zero-order valence-corrected chi connectivity index (χ0v) is 26.3. The summed E-state index contributed by atoms with van der Waals surface area (Å²) in [5, 5.41) is 6.62. The largest absolute Gasteiger partial charge is 0.497 e. The van der Waals surface area contributed by atoms with Crippen molar-refractivity contribution in [2.75, 3.05) is 63.0 Å². The Hall–Kier alpha value is -4.63. The number of nitrogens with one attached hydrogen (secondary N) is 2. The number of rotatable bonds is 11. The minimum Gasteiger partial charge on any atom is -0.497 e. The van der Waals surface area contributed by atoms with Crippen LogP contribution in [0.3, 0.4) is 0 Å². The van der Waals surface area contributed by atoms with E-state index in [0.717, 1.165) is 72.8 Å². The first-order chi connectivity index (χ1) is 21.4. The smallest absolute Gasteiger partial charge is 0.238 e. The van der Waals surface area contributed by atoms with Crippen LogP contribution in [0.25, 0.3) is 0 Å². The van der Waals surface area contributed by atoms with E-state index in [9.17, 15) is 4.79 Å². The van der Waals surface area contributed by atoms with Crippen LogP contribution in [0.4, 0.5) is 22.9 Å². The van der Waals surface area contributed by atoms with Crippen molar-refractivity contribution in [3.05, 3.63) is 95.4 Å². The Bertz CT molecular complexity index is 1550. The van der Waals surface area contributed by atoms with E-state index in [1.807, 2.05) is 30.3 Å². The average Bonchev–Trinajstić information content (AvgIpc) is 3.06. The summed E-state index contributed by atoms with van der Waals surface area (Å²) in [6.45, 7) is 8.22. The molecular formula is C35H42N6O3. The maximum atomic E-state index is 14.3. The Morgan fingerprint density at radius 3 is 2.23 bits per heavy atom. The second-order valence-electron chi connectivity index (χ2n) is 11.0. The molecule has 1 saturated heterocycles. The number of carbonyl (C=O) groups is 1. The van der Waals surface area contributed by atoms with Crippen LogP contribution in [-0.4, -0.2) is 68.2 Å². The van der Waals surface area contributed by atoms with Gasteiger partial charge in [0.2, 0.25) is 5.91 Å². The molecule has 1 unspecified atom stereocenters. The van der Waals surface area contributed by atoms with Crippen molar-refractivity contribution < 1.29 is 14.3 Å². The van der Waals surface area contributed by atoms with Crippen molar-refractivity contribution in [1.82, 2.24) is 14.9 Å². The third-order valence-corrected chi connectivity index (χ3v) is 8.26. The average molecular weight is 595 g/mol. The van der Waals surface area contributed by atoms with E-state index in [-0.39, 0.29) is 5.91 Å². The quantitative estimate of drug-likeness (QED) is 0.222. The topological polar surface area (TPSA) is 91.9 Å². The second kappa shape index (κ2) is 14.2. The van der Waals surface area contributed by atoms with E-state index in [1.54, 1.807) is 20.3 Å². The molecule has 5 rings (SSSR count). The predicted molar refractivity (Wildman–Crippen MR) is 177 cm³/mol. The summed E-state index contributed by atoms with van der Waals surface area (Å²) in [7, 11) is 5.37. The lowest BCUT2D eigenvalue weighted by Gasteiger charge is -2.34. The Balaban J connectivity index is 1.50. The Kier molecular flexibility index (Phi) is 9.96. The number of methoxy groups -OCH3 is 2. The molecule has 1 fully saturated rings. The highest BCUT2D eigenvalue weighted by atomic mass is 16.5. The molecule has 0 aliphatic carbocycles. The summed E-state index contributed by atoms with van der Waals surface area (Å²) in [4.78, 5) is 28.1. The van der Waals surface area contributed by atoms with Gasteiger partial charge in [0.05, 0.1) is 25.6 Å². The number of ether oxygens (including phenoxy) is 2. The first-order valence-corrected chi connectivity index (χ1v) is 15.2. The third-order valence-electron chi connectivity index (χ3n) is 8.26. The molecule has 2 N–H and O–H groups in total. The summed E-state index contributed by atoms with van der Waals surface area (Å²) in [6, 6.07) is 21.9. The van der Waals surface area contributed by atoms with E-state index in [2.05, 4.69) is 81.6 Å². The number of amides is 1. The Morgan fingerprint density at radius 2 is 1.59 bits per heavy atom. The highest BCUT2D eigenvalue weighted by Crippen LogP contribution is 2.33. The van der Waals surface area contributed by atoms with Crippen molar-refractivity contribution in [3.8, 4) is 11.5 Å². The summed E-state index contributed by atoms with van der Waals surface area (Å²) >= 11 is 0. The summed E-state index contributed by atoms with van der Waals surface area (Å²) < 4.78 is 10.9. The lowest BCUT2D eigenvalue weighted by Crippen LogP contribution is -2.44. The van der Waals surface area contributed by atoms with Crippen LogP contribution in [0, 0.1) is 0 Å². The van der Waals surface area contributed by atoms with Gasteiger partial charge in [-0.2, -0.15) is 0 Å². The van der Waals surface area contributed by atoms with Crippen molar-refractivity contribution >= 4 is 28.8 Å². The number of hydrogen-bond donors (Lipinski definition) is 2. The van der Waals surface area contributed by atoms with Crippen LogP contribution < -0.4 is 25.0 Å². The highest BCUT2D eigenvalue weighted by Gasteiger charge is 2.27. The number of hydrogen-bond acceptors (Lipinski definition) is 8. The Labute approximate surface area is 260 Å². The molecule has 0 radical (unpaired) electrons. The number of nitrogens with zero attached hydrogens (tertiary/aromatic N) is 4. The number of benzene rings is 3. The van der Waals surface area contributed by atoms with Crippen LogP contribution in [0.15, 0.2) is 73.1 Å². The summed E-state index contributed by atoms with van der Waals surface area (Å²) in [5.74, 6) is 1.05. The maximum absolute atomic E-state index is 14.3. The number of para-hydroxylation sites is 1. The number of anilines is 4. The number of aromatic nitrogens is 2. The summed E-state index contributed by atoms with van der Waals surface area (Å²) in [6.07, 6.45) is 3.13. The fraction of sp³-hybridized carbons (Fsp3) is 0.343. The fourth-order valence-electron chi connectivity index (χ4n) is 5.64. The normalized spacial score (nSPS) is 14.2. The van der Waals surface area contributed by atoms with Crippen LogP contribution in [0.2, 0.25) is 0 Å². The lowest BCUT2D eigenvalue weighted by molar-refractivity contribution is -0.116. The van der Waals surface area contributed by atoms with Gasteiger partial charge < -0.3 is 29.9 Å². The van der Waals surface area contributed by atoms with Gasteiger partial charge in [0.1, 0.15) is 29.6 Å². The first-order valence-electron chi connectivity index (χ1n) is 15.2. The van der Waals surface area contributed by atoms with Gasteiger partial charge in [0, 0.05) is 49.7 Å². The molecule has 1 aliphatic rings. The van der Waals surface area contributed by atoms with Crippen molar-refractivity contribution in [1.29, 1.82) is 0 Å². The monoisotopic (exact) mass is 594 g/mol. The molecule has 3 aromatic carbocycles. The second-order valence-corrected chi connectivity index (χ2v) is 11.0. The molecule has 1 aromatic heterocycles. The van der Waals surface area contributed by atoms with E-state index in [1.165, 1.54) is 6.33 Å². The molecule has 1 atom stereocenters.